The number of pyridine rings is 1. The van der Waals surface area contributed by atoms with E-state index in [4.69, 9.17) is 9.97 Å². The summed E-state index contributed by atoms with van der Waals surface area (Å²) >= 11 is 0. The molecular formula is C24H35N5O. The maximum Gasteiger partial charge on any atom is 0.163 e. The van der Waals surface area contributed by atoms with E-state index in [1.54, 1.807) is 6.20 Å². The number of hydrogen-bond donors (Lipinski definition) is 1. The van der Waals surface area contributed by atoms with E-state index in [0.29, 0.717) is 18.6 Å². The molecule has 0 saturated carbocycles. The molecule has 4 rings (SSSR count). The Hall–Kier alpha value is -2.05. The maximum atomic E-state index is 10.4. The Balaban J connectivity index is 1.71. The van der Waals surface area contributed by atoms with Gasteiger partial charge in [-0.15, -0.1) is 0 Å². The average molecular weight is 410 g/mol. The molecule has 0 unspecified atom stereocenters. The smallest absolute Gasteiger partial charge is 0.163 e. The van der Waals surface area contributed by atoms with Crippen molar-refractivity contribution in [2.75, 3.05) is 24.5 Å². The van der Waals surface area contributed by atoms with Crippen LogP contribution >= 0.6 is 0 Å². The molecular weight excluding hydrogens is 374 g/mol. The van der Waals surface area contributed by atoms with E-state index >= 15 is 0 Å². The molecule has 2 aromatic heterocycles. The fourth-order valence-corrected chi connectivity index (χ4v) is 4.97. The molecule has 1 aliphatic carbocycles. The van der Waals surface area contributed by atoms with Crippen LogP contribution in [0.2, 0.25) is 0 Å². The lowest BCUT2D eigenvalue weighted by Crippen LogP contribution is -2.60. The first-order chi connectivity index (χ1) is 14.4. The summed E-state index contributed by atoms with van der Waals surface area (Å²) in [6.07, 6.45) is 9.01. The summed E-state index contributed by atoms with van der Waals surface area (Å²) in [5, 5.41) is 10.4. The van der Waals surface area contributed by atoms with Gasteiger partial charge in [-0.3, -0.25) is 9.88 Å². The quantitative estimate of drug-likeness (QED) is 0.788. The monoisotopic (exact) mass is 409 g/mol. The van der Waals surface area contributed by atoms with E-state index in [1.807, 2.05) is 32.2 Å². The van der Waals surface area contributed by atoms with Crippen LogP contribution in [0.1, 0.15) is 58.2 Å². The van der Waals surface area contributed by atoms with E-state index in [1.165, 1.54) is 11.3 Å². The molecule has 1 fully saturated rings. The number of β-amino-alcohol motifs (C(OH)–C–C–N with tert-alkyl or cyclic N) is 1. The van der Waals surface area contributed by atoms with Crippen LogP contribution in [0.25, 0.3) is 11.4 Å². The minimum atomic E-state index is -0.683. The summed E-state index contributed by atoms with van der Waals surface area (Å²) < 4.78 is 0. The summed E-state index contributed by atoms with van der Waals surface area (Å²) in [6.45, 7) is 10.9. The van der Waals surface area contributed by atoms with Gasteiger partial charge in [-0.25, -0.2) is 9.97 Å². The van der Waals surface area contributed by atoms with Gasteiger partial charge in [0.05, 0.1) is 5.60 Å². The molecule has 0 radical (unpaired) electrons. The molecule has 0 bridgehead atoms. The molecule has 6 heteroatoms. The number of hydrogen-bond acceptors (Lipinski definition) is 6. The Morgan fingerprint density at radius 2 is 1.90 bits per heavy atom. The van der Waals surface area contributed by atoms with Crippen molar-refractivity contribution >= 4 is 5.82 Å². The maximum absolute atomic E-state index is 10.4. The number of aryl methyl sites for hydroxylation is 1. The van der Waals surface area contributed by atoms with Gasteiger partial charge in [0.2, 0.25) is 0 Å². The molecule has 2 aromatic rings. The first kappa shape index (κ1) is 21.2. The standard InChI is InChI=1S/C24H35N5O/c1-5-18-15-29(19(6-2)14-28(18)16-24(3,4)30)23-20-10-7-11-21(20)26-22(27-23)17-9-8-12-25-13-17/h8-9,12-13,18-19,30H,5-7,10-11,14-16H2,1-4H3/t18-,19-/m0/s1. The average Bonchev–Trinajstić information content (AvgIpc) is 3.21. The van der Waals surface area contributed by atoms with Crippen molar-refractivity contribution in [2.45, 2.75) is 77.5 Å². The van der Waals surface area contributed by atoms with Crippen LogP contribution in [0.5, 0.6) is 0 Å². The third kappa shape index (κ3) is 4.35. The Kier molecular flexibility index (Phi) is 6.07. The first-order valence-corrected chi connectivity index (χ1v) is 11.4. The van der Waals surface area contributed by atoms with E-state index in [2.05, 4.69) is 28.6 Å². The number of aliphatic hydroxyl groups is 1. The van der Waals surface area contributed by atoms with E-state index in [9.17, 15) is 5.11 Å². The number of fused-ring (bicyclic) bond motifs is 1. The zero-order chi connectivity index (χ0) is 21.3. The second kappa shape index (κ2) is 8.60. The molecule has 6 nitrogen and oxygen atoms in total. The minimum Gasteiger partial charge on any atom is -0.389 e. The SMILES string of the molecule is CC[C@H]1CN(c2nc(-c3cccnc3)nc3c2CCC3)[C@@H](CC)CN1CC(C)(C)O. The van der Waals surface area contributed by atoms with E-state index in [0.717, 1.165) is 62.4 Å². The number of anilines is 1. The molecule has 1 saturated heterocycles. The number of aromatic nitrogens is 3. The second-order valence-corrected chi connectivity index (χ2v) is 9.41. The highest BCUT2D eigenvalue weighted by Crippen LogP contribution is 2.35. The lowest BCUT2D eigenvalue weighted by atomic mass is 9.98. The molecule has 1 N–H and O–H groups in total. The molecule has 3 heterocycles. The van der Waals surface area contributed by atoms with Crippen LogP contribution in [0.4, 0.5) is 5.82 Å². The van der Waals surface area contributed by atoms with Gasteiger partial charge in [-0.2, -0.15) is 0 Å². The molecule has 2 aliphatic rings. The van der Waals surface area contributed by atoms with E-state index in [-0.39, 0.29) is 0 Å². The highest BCUT2D eigenvalue weighted by molar-refractivity contribution is 5.61. The molecule has 2 atom stereocenters. The largest absolute Gasteiger partial charge is 0.389 e. The fraction of sp³-hybridized carbons (Fsp3) is 0.625. The highest BCUT2D eigenvalue weighted by atomic mass is 16.3. The number of rotatable bonds is 6. The van der Waals surface area contributed by atoms with Crippen LogP contribution in [0.15, 0.2) is 24.5 Å². The van der Waals surface area contributed by atoms with Crippen molar-refractivity contribution in [3.63, 3.8) is 0 Å². The van der Waals surface area contributed by atoms with Crippen molar-refractivity contribution < 1.29 is 5.11 Å². The molecule has 0 amide bonds. The number of piperazine rings is 1. The predicted octanol–water partition coefficient (Wildman–Crippen LogP) is 3.48. The lowest BCUT2D eigenvalue weighted by Gasteiger charge is -2.48. The summed E-state index contributed by atoms with van der Waals surface area (Å²) in [7, 11) is 0. The summed E-state index contributed by atoms with van der Waals surface area (Å²) in [4.78, 5) is 19.3. The van der Waals surface area contributed by atoms with Crippen molar-refractivity contribution in [1.82, 2.24) is 19.9 Å². The number of nitrogens with zero attached hydrogens (tertiary/aromatic N) is 5. The minimum absolute atomic E-state index is 0.386. The Morgan fingerprint density at radius 3 is 2.57 bits per heavy atom. The van der Waals surface area contributed by atoms with Crippen LogP contribution < -0.4 is 4.90 Å². The van der Waals surface area contributed by atoms with Crippen molar-refractivity contribution in [1.29, 1.82) is 0 Å². The van der Waals surface area contributed by atoms with Gasteiger partial charge in [0.15, 0.2) is 5.82 Å². The topological polar surface area (TPSA) is 65.4 Å². The van der Waals surface area contributed by atoms with Gasteiger partial charge in [-0.05, 0) is 58.1 Å². The van der Waals surface area contributed by atoms with Gasteiger partial charge >= 0.3 is 0 Å². The van der Waals surface area contributed by atoms with Gasteiger partial charge in [0.25, 0.3) is 0 Å². The van der Waals surface area contributed by atoms with Gasteiger partial charge in [0.1, 0.15) is 5.82 Å². The lowest BCUT2D eigenvalue weighted by molar-refractivity contribution is 0.00990. The van der Waals surface area contributed by atoms with E-state index < -0.39 is 5.60 Å². The van der Waals surface area contributed by atoms with Gasteiger partial charge in [0, 0.05) is 60.9 Å². The van der Waals surface area contributed by atoms with Crippen molar-refractivity contribution in [3.05, 3.63) is 35.8 Å². The molecule has 0 aromatic carbocycles. The zero-order valence-electron chi connectivity index (χ0n) is 18.8. The molecule has 162 valence electrons. The van der Waals surface area contributed by atoms with Gasteiger partial charge < -0.3 is 10.0 Å². The molecule has 1 aliphatic heterocycles. The summed E-state index contributed by atoms with van der Waals surface area (Å²) in [5.74, 6) is 1.92. The predicted molar refractivity (Wildman–Crippen MR) is 121 cm³/mol. The van der Waals surface area contributed by atoms with Crippen LogP contribution in [0, 0.1) is 0 Å². The molecule has 30 heavy (non-hydrogen) atoms. The Labute approximate surface area is 180 Å². The highest BCUT2D eigenvalue weighted by Gasteiger charge is 2.37. The van der Waals surface area contributed by atoms with Crippen molar-refractivity contribution in [2.24, 2.45) is 0 Å². The second-order valence-electron chi connectivity index (χ2n) is 9.41. The summed E-state index contributed by atoms with van der Waals surface area (Å²) in [6, 6.07) is 4.79. The first-order valence-electron chi connectivity index (χ1n) is 11.4. The van der Waals surface area contributed by atoms with Gasteiger partial charge in [-0.1, -0.05) is 13.8 Å². The van der Waals surface area contributed by atoms with Crippen LogP contribution in [-0.4, -0.2) is 62.3 Å². The Bertz CT molecular complexity index is 864. The Morgan fingerprint density at radius 1 is 1.10 bits per heavy atom. The fourth-order valence-electron chi connectivity index (χ4n) is 4.97. The molecule has 0 spiro atoms. The third-order valence-corrected chi connectivity index (χ3v) is 6.45. The van der Waals surface area contributed by atoms with Crippen LogP contribution in [-0.2, 0) is 12.8 Å². The third-order valence-electron chi connectivity index (χ3n) is 6.45. The zero-order valence-corrected chi connectivity index (χ0v) is 18.8. The summed E-state index contributed by atoms with van der Waals surface area (Å²) in [5.41, 5.74) is 2.85. The van der Waals surface area contributed by atoms with Crippen molar-refractivity contribution in [3.8, 4) is 11.4 Å². The normalized spacial score (nSPS) is 22.4. The van der Waals surface area contributed by atoms with Crippen LogP contribution in [0.3, 0.4) is 0 Å².